The second-order valence-electron chi connectivity index (χ2n) is 3.66. The van der Waals surface area contributed by atoms with E-state index in [1.807, 2.05) is 0 Å². The van der Waals surface area contributed by atoms with E-state index in [-0.39, 0.29) is 23.5 Å². The number of aromatic hydroxyl groups is 1. The van der Waals surface area contributed by atoms with Crippen LogP contribution in [-0.2, 0) is 0 Å². The van der Waals surface area contributed by atoms with Crippen molar-refractivity contribution in [3.63, 3.8) is 0 Å². The summed E-state index contributed by atoms with van der Waals surface area (Å²) >= 11 is 0. The Balaban J connectivity index is 2.79. The van der Waals surface area contributed by atoms with Crippen molar-refractivity contribution >= 4 is 0 Å². The predicted octanol–water partition coefficient (Wildman–Crippen LogP) is 2.74. The molecule has 0 fully saturated rings. The first-order valence-electron chi connectivity index (χ1n) is 5.03. The van der Waals surface area contributed by atoms with Crippen LogP contribution in [0.15, 0.2) is 18.2 Å². The van der Waals surface area contributed by atoms with Gasteiger partial charge in [0.2, 0.25) is 0 Å². The van der Waals surface area contributed by atoms with E-state index < -0.39 is 18.6 Å². The topological polar surface area (TPSA) is 55.5 Å². The minimum atomic E-state index is -4.24. The number of hydrogen-bond donors (Lipinski definition) is 2. The molecule has 0 aliphatic carbocycles. The lowest BCUT2D eigenvalue weighted by Crippen LogP contribution is -2.16. The zero-order valence-electron chi connectivity index (χ0n) is 9.29. The lowest BCUT2D eigenvalue weighted by atomic mass is 10.0. The van der Waals surface area contributed by atoms with Crippen LogP contribution in [0.25, 0.3) is 0 Å². The van der Waals surface area contributed by atoms with E-state index in [2.05, 4.69) is 0 Å². The summed E-state index contributed by atoms with van der Waals surface area (Å²) in [7, 11) is 1.36. The van der Waals surface area contributed by atoms with Gasteiger partial charge in [-0.25, -0.2) is 0 Å². The van der Waals surface area contributed by atoms with Crippen LogP contribution in [0.2, 0.25) is 0 Å². The molecule has 0 aromatic heterocycles. The van der Waals surface area contributed by atoms with E-state index in [1.165, 1.54) is 19.2 Å². The Morgan fingerprint density at radius 2 is 2.06 bits per heavy atom. The molecule has 1 aromatic carbocycles. The maximum absolute atomic E-state index is 12.0. The Labute approximate surface area is 97.0 Å². The monoisotopic (exact) mass is 249 g/mol. The first-order valence-corrected chi connectivity index (χ1v) is 5.03. The molecule has 0 radical (unpaired) electrons. The summed E-state index contributed by atoms with van der Waals surface area (Å²) in [5.41, 5.74) is 5.87. The number of nitrogens with two attached hydrogens (primary N) is 1. The van der Waals surface area contributed by atoms with E-state index in [4.69, 9.17) is 10.5 Å². The van der Waals surface area contributed by atoms with Crippen molar-refractivity contribution in [2.75, 3.05) is 7.11 Å². The van der Waals surface area contributed by atoms with Crippen LogP contribution in [0.3, 0.4) is 0 Å². The summed E-state index contributed by atoms with van der Waals surface area (Å²) < 4.78 is 41.0. The molecule has 1 aromatic rings. The summed E-state index contributed by atoms with van der Waals surface area (Å²) in [6, 6.07) is 3.70. The van der Waals surface area contributed by atoms with Gasteiger partial charge in [-0.1, -0.05) is 12.1 Å². The van der Waals surface area contributed by atoms with Gasteiger partial charge in [-0.15, -0.1) is 0 Å². The number of alkyl halides is 3. The SMILES string of the molecule is COc1cccc([C@@H](N)CCC(F)(F)F)c1O. The minimum absolute atomic E-state index is 0.199. The van der Waals surface area contributed by atoms with Crippen molar-refractivity contribution in [2.24, 2.45) is 5.73 Å². The molecule has 0 heterocycles. The van der Waals surface area contributed by atoms with Crippen LogP contribution >= 0.6 is 0 Å². The van der Waals surface area contributed by atoms with Gasteiger partial charge < -0.3 is 15.6 Å². The molecule has 0 amide bonds. The Hall–Kier alpha value is -1.43. The summed E-state index contributed by atoms with van der Waals surface area (Å²) in [4.78, 5) is 0. The molecule has 1 rings (SSSR count). The van der Waals surface area contributed by atoms with Gasteiger partial charge in [-0.3, -0.25) is 0 Å². The largest absolute Gasteiger partial charge is 0.504 e. The third-order valence-corrected chi connectivity index (χ3v) is 2.39. The summed E-state index contributed by atoms with van der Waals surface area (Å²) in [5, 5.41) is 9.70. The van der Waals surface area contributed by atoms with Gasteiger partial charge in [0.05, 0.1) is 7.11 Å². The molecule has 0 unspecified atom stereocenters. The van der Waals surface area contributed by atoms with Gasteiger partial charge in [0.15, 0.2) is 11.5 Å². The minimum Gasteiger partial charge on any atom is -0.504 e. The number of phenolic OH excluding ortho intramolecular Hbond substituents is 1. The molecular formula is C11H14F3NO2. The fourth-order valence-corrected chi connectivity index (χ4v) is 1.48. The molecule has 0 aliphatic rings. The average Bonchev–Trinajstić information content (AvgIpc) is 2.25. The Morgan fingerprint density at radius 3 is 2.59 bits per heavy atom. The second kappa shape index (κ2) is 5.27. The van der Waals surface area contributed by atoms with E-state index in [1.54, 1.807) is 6.07 Å². The third-order valence-electron chi connectivity index (χ3n) is 2.39. The van der Waals surface area contributed by atoms with Crippen LogP contribution < -0.4 is 10.5 Å². The molecule has 0 saturated heterocycles. The molecule has 3 N–H and O–H groups in total. The number of ether oxygens (including phenoxy) is 1. The Morgan fingerprint density at radius 1 is 1.41 bits per heavy atom. The van der Waals surface area contributed by atoms with E-state index in [9.17, 15) is 18.3 Å². The van der Waals surface area contributed by atoms with Crippen molar-refractivity contribution in [3.8, 4) is 11.5 Å². The van der Waals surface area contributed by atoms with Gasteiger partial charge >= 0.3 is 6.18 Å². The van der Waals surface area contributed by atoms with Crippen LogP contribution in [0, 0.1) is 0 Å². The smallest absolute Gasteiger partial charge is 0.389 e. The number of para-hydroxylation sites is 1. The van der Waals surface area contributed by atoms with Crippen LogP contribution in [0.1, 0.15) is 24.4 Å². The standard InChI is InChI=1S/C11H14F3NO2/c1-17-9-4-2-3-7(10(9)16)8(15)5-6-11(12,13)14/h2-4,8,16H,5-6,15H2,1H3/t8-/m0/s1. The number of rotatable bonds is 4. The summed E-state index contributed by atoms with van der Waals surface area (Å²) in [6.07, 6.45) is -5.50. The molecule has 17 heavy (non-hydrogen) atoms. The Bertz CT molecular complexity index is 379. The summed E-state index contributed by atoms with van der Waals surface area (Å²) in [5.74, 6) is -0.00497. The van der Waals surface area contributed by atoms with Crippen LogP contribution in [0.4, 0.5) is 13.2 Å². The van der Waals surface area contributed by atoms with Crippen molar-refractivity contribution in [1.29, 1.82) is 0 Å². The predicted molar refractivity (Wildman–Crippen MR) is 56.9 cm³/mol. The van der Waals surface area contributed by atoms with E-state index in [0.717, 1.165) is 0 Å². The highest BCUT2D eigenvalue weighted by molar-refractivity contribution is 5.46. The fraction of sp³-hybridized carbons (Fsp3) is 0.455. The molecule has 0 saturated carbocycles. The van der Waals surface area contributed by atoms with Crippen LogP contribution in [0.5, 0.6) is 11.5 Å². The highest BCUT2D eigenvalue weighted by atomic mass is 19.4. The zero-order chi connectivity index (χ0) is 13.1. The molecule has 0 bridgehead atoms. The number of methoxy groups -OCH3 is 1. The zero-order valence-corrected chi connectivity index (χ0v) is 9.29. The van der Waals surface area contributed by atoms with Crippen molar-refractivity contribution in [2.45, 2.75) is 25.1 Å². The highest BCUT2D eigenvalue weighted by Crippen LogP contribution is 2.35. The van der Waals surface area contributed by atoms with Gasteiger partial charge in [0.25, 0.3) is 0 Å². The van der Waals surface area contributed by atoms with Crippen LogP contribution in [-0.4, -0.2) is 18.4 Å². The Kier molecular flexibility index (Phi) is 4.22. The fourth-order valence-electron chi connectivity index (χ4n) is 1.48. The third kappa shape index (κ3) is 3.81. The second-order valence-corrected chi connectivity index (χ2v) is 3.66. The van der Waals surface area contributed by atoms with Crippen molar-refractivity contribution in [1.82, 2.24) is 0 Å². The molecule has 3 nitrogen and oxygen atoms in total. The molecule has 1 atom stereocenters. The van der Waals surface area contributed by atoms with E-state index in [0.29, 0.717) is 0 Å². The molecule has 0 spiro atoms. The maximum atomic E-state index is 12.0. The number of hydrogen-bond acceptors (Lipinski definition) is 3. The van der Waals surface area contributed by atoms with Gasteiger partial charge in [-0.2, -0.15) is 13.2 Å². The molecule has 6 heteroatoms. The lowest BCUT2D eigenvalue weighted by molar-refractivity contribution is -0.136. The first kappa shape index (κ1) is 13.6. The average molecular weight is 249 g/mol. The number of benzene rings is 1. The lowest BCUT2D eigenvalue weighted by Gasteiger charge is -2.16. The maximum Gasteiger partial charge on any atom is 0.389 e. The van der Waals surface area contributed by atoms with Gasteiger partial charge in [-0.05, 0) is 12.5 Å². The van der Waals surface area contributed by atoms with Crippen molar-refractivity contribution in [3.05, 3.63) is 23.8 Å². The number of phenols is 1. The van der Waals surface area contributed by atoms with Crippen molar-refractivity contribution < 1.29 is 23.0 Å². The molecule has 96 valence electrons. The molecular weight excluding hydrogens is 235 g/mol. The summed E-state index contributed by atoms with van der Waals surface area (Å²) in [6.45, 7) is 0. The quantitative estimate of drug-likeness (QED) is 0.862. The first-order chi connectivity index (χ1) is 7.85. The van der Waals surface area contributed by atoms with Gasteiger partial charge in [0, 0.05) is 18.0 Å². The molecule has 0 aliphatic heterocycles. The van der Waals surface area contributed by atoms with Gasteiger partial charge in [0.1, 0.15) is 0 Å². The normalized spacial score (nSPS) is 13.5. The number of halogens is 3. The van der Waals surface area contributed by atoms with E-state index >= 15 is 0 Å². The highest BCUT2D eigenvalue weighted by Gasteiger charge is 2.28.